The van der Waals surface area contributed by atoms with Crippen LogP contribution in [0.25, 0.3) is 0 Å². The van der Waals surface area contributed by atoms with Gasteiger partial charge in [-0.2, -0.15) is 5.10 Å². The van der Waals surface area contributed by atoms with Gasteiger partial charge >= 0.3 is 6.03 Å². The molecule has 1 unspecified atom stereocenters. The first kappa shape index (κ1) is 13.9. The smallest absolute Gasteiger partial charge is 0.341 e. The fourth-order valence-corrected chi connectivity index (χ4v) is 2.70. The second-order valence-corrected chi connectivity index (χ2v) is 5.73. The van der Waals surface area contributed by atoms with Gasteiger partial charge in [-0.25, -0.2) is 18.6 Å². The predicted octanol–water partition coefficient (Wildman–Crippen LogP) is 1.88. The van der Waals surface area contributed by atoms with E-state index >= 15 is 0 Å². The number of halogens is 2. The summed E-state index contributed by atoms with van der Waals surface area (Å²) in [4.78, 5) is 13.8. The molecule has 2 aliphatic rings. The van der Waals surface area contributed by atoms with Crippen LogP contribution in [-0.2, 0) is 0 Å². The molecule has 0 radical (unpaired) electrons. The lowest BCUT2D eigenvalue weighted by atomic mass is 9.97. The van der Waals surface area contributed by atoms with Crippen molar-refractivity contribution in [2.45, 2.75) is 25.0 Å². The van der Waals surface area contributed by atoms with E-state index in [0.717, 1.165) is 6.07 Å². The molecule has 1 saturated heterocycles. The Hall–Kier alpha value is -2.02. The van der Waals surface area contributed by atoms with Gasteiger partial charge in [-0.05, 0) is 24.6 Å². The number of likely N-dealkylation sites (tertiary alicyclic amines) is 1. The normalized spacial score (nSPS) is 23.3. The highest BCUT2D eigenvalue weighted by Crippen LogP contribution is 2.32. The van der Waals surface area contributed by atoms with Gasteiger partial charge in [-0.3, -0.25) is 0 Å². The number of amides is 2. The number of urea groups is 1. The minimum absolute atomic E-state index is 0.224. The van der Waals surface area contributed by atoms with E-state index in [1.165, 1.54) is 22.0 Å². The highest BCUT2D eigenvalue weighted by molar-refractivity contribution is 5.79. The molecule has 2 aliphatic heterocycles. The van der Waals surface area contributed by atoms with Crippen molar-refractivity contribution in [1.29, 1.82) is 0 Å². The third-order valence-corrected chi connectivity index (χ3v) is 3.63. The van der Waals surface area contributed by atoms with Crippen LogP contribution in [-0.4, -0.2) is 46.0 Å². The molecule has 7 heteroatoms. The molecule has 21 heavy (non-hydrogen) atoms. The number of rotatable bonds is 1. The summed E-state index contributed by atoms with van der Waals surface area (Å²) in [6, 6.07) is 2.31. The molecule has 0 saturated carbocycles. The van der Waals surface area contributed by atoms with Crippen molar-refractivity contribution in [2.24, 2.45) is 5.10 Å². The predicted molar refractivity (Wildman–Crippen MR) is 71.6 cm³/mol. The number of carbonyl (C=O) groups is 1. The summed E-state index contributed by atoms with van der Waals surface area (Å²) in [6.45, 7) is 2.09. The largest absolute Gasteiger partial charge is 0.386 e. The number of aliphatic hydroxyl groups is 1. The molecular weight excluding hydrogens is 280 g/mol. The second kappa shape index (κ2) is 4.77. The topological polar surface area (TPSA) is 56.1 Å². The van der Waals surface area contributed by atoms with Gasteiger partial charge in [0.15, 0.2) is 0 Å². The number of β-amino-alcohol motifs (C(OH)–C–C–N with tert-alkyl or cyclic N) is 1. The monoisotopic (exact) mass is 295 g/mol. The molecule has 3 rings (SSSR count). The first-order valence-electron chi connectivity index (χ1n) is 6.65. The molecule has 0 aromatic heterocycles. The second-order valence-electron chi connectivity index (χ2n) is 5.73. The Morgan fingerprint density at radius 1 is 1.33 bits per heavy atom. The van der Waals surface area contributed by atoms with Crippen molar-refractivity contribution in [1.82, 2.24) is 9.91 Å². The number of carbonyl (C=O) groups excluding carboxylic acids is 1. The average molecular weight is 295 g/mol. The van der Waals surface area contributed by atoms with E-state index in [2.05, 4.69) is 5.10 Å². The molecule has 0 aliphatic carbocycles. The number of benzene rings is 1. The number of hydrogen-bond donors (Lipinski definition) is 1. The third-order valence-electron chi connectivity index (χ3n) is 3.63. The molecule has 0 bridgehead atoms. The number of nitrogens with zero attached hydrogens (tertiary/aromatic N) is 3. The van der Waals surface area contributed by atoms with E-state index in [-0.39, 0.29) is 19.1 Å². The Balaban J connectivity index is 1.79. The molecule has 1 N–H and O–H groups in total. The zero-order chi connectivity index (χ0) is 15.2. The van der Waals surface area contributed by atoms with Gasteiger partial charge in [0.05, 0.1) is 24.7 Å². The lowest BCUT2D eigenvalue weighted by Crippen LogP contribution is -2.63. The molecule has 1 aromatic carbocycles. The Bertz CT molecular complexity index is 590. The maximum absolute atomic E-state index is 13.3. The van der Waals surface area contributed by atoms with Crippen LogP contribution < -0.4 is 0 Å². The van der Waals surface area contributed by atoms with Crippen LogP contribution in [0.4, 0.5) is 13.6 Å². The van der Waals surface area contributed by atoms with Gasteiger partial charge in [-0.1, -0.05) is 0 Å². The minimum atomic E-state index is -0.875. The third kappa shape index (κ3) is 2.61. The van der Waals surface area contributed by atoms with E-state index < -0.39 is 23.3 Å². The van der Waals surface area contributed by atoms with Crippen molar-refractivity contribution in [3.8, 4) is 0 Å². The zero-order valence-corrected chi connectivity index (χ0v) is 11.5. The summed E-state index contributed by atoms with van der Waals surface area (Å²) in [5.41, 5.74) is -0.509. The van der Waals surface area contributed by atoms with Gasteiger partial charge in [0, 0.05) is 18.7 Å². The Morgan fingerprint density at radius 3 is 2.52 bits per heavy atom. The maximum atomic E-state index is 13.3. The molecule has 1 aromatic rings. The van der Waals surface area contributed by atoms with Gasteiger partial charge in [0.1, 0.15) is 11.6 Å². The van der Waals surface area contributed by atoms with Gasteiger partial charge < -0.3 is 10.0 Å². The van der Waals surface area contributed by atoms with Crippen LogP contribution in [0, 0.1) is 11.6 Å². The molecule has 1 fully saturated rings. The summed E-state index contributed by atoms with van der Waals surface area (Å²) in [5.74, 6) is -1.37. The van der Waals surface area contributed by atoms with Crippen molar-refractivity contribution < 1.29 is 18.7 Å². The molecule has 1 atom stereocenters. The first-order chi connectivity index (χ1) is 9.85. The minimum Gasteiger partial charge on any atom is -0.386 e. The quantitative estimate of drug-likeness (QED) is 0.860. The lowest BCUT2D eigenvalue weighted by Gasteiger charge is -2.45. The van der Waals surface area contributed by atoms with E-state index in [1.54, 1.807) is 13.1 Å². The van der Waals surface area contributed by atoms with E-state index in [1.807, 2.05) is 0 Å². The highest BCUT2D eigenvalue weighted by atomic mass is 19.1. The van der Waals surface area contributed by atoms with Gasteiger partial charge in [-0.15, -0.1) is 0 Å². The molecular formula is C14H15F2N3O2. The van der Waals surface area contributed by atoms with Gasteiger partial charge in [0.25, 0.3) is 0 Å². The highest BCUT2D eigenvalue weighted by Gasteiger charge is 2.43. The standard InChI is InChI=1S/C14H15F2N3O2/c1-14(21)7-18(8-14)13(20)19-12(2-3-17-19)9-4-10(15)6-11(16)5-9/h3-6,12,21H,2,7-8H2,1H3. The summed E-state index contributed by atoms with van der Waals surface area (Å²) in [5, 5.41) is 14.9. The van der Waals surface area contributed by atoms with Crippen LogP contribution >= 0.6 is 0 Å². The van der Waals surface area contributed by atoms with Crippen molar-refractivity contribution in [3.05, 3.63) is 35.4 Å². The maximum Gasteiger partial charge on any atom is 0.341 e. The summed E-state index contributed by atoms with van der Waals surface area (Å²) in [7, 11) is 0. The van der Waals surface area contributed by atoms with Crippen LogP contribution in [0.2, 0.25) is 0 Å². The van der Waals surface area contributed by atoms with E-state index in [4.69, 9.17) is 0 Å². The van der Waals surface area contributed by atoms with Crippen LogP contribution in [0.15, 0.2) is 23.3 Å². The molecule has 2 heterocycles. The first-order valence-corrected chi connectivity index (χ1v) is 6.65. The fraction of sp³-hybridized carbons (Fsp3) is 0.429. The average Bonchev–Trinajstić information content (AvgIpc) is 2.82. The van der Waals surface area contributed by atoms with Crippen LogP contribution in [0.3, 0.4) is 0 Å². The molecule has 2 amide bonds. The molecule has 0 spiro atoms. The number of hydrazone groups is 1. The molecule has 112 valence electrons. The van der Waals surface area contributed by atoms with Crippen LogP contribution in [0.5, 0.6) is 0 Å². The summed E-state index contributed by atoms with van der Waals surface area (Å²) >= 11 is 0. The van der Waals surface area contributed by atoms with Crippen LogP contribution in [0.1, 0.15) is 24.9 Å². The van der Waals surface area contributed by atoms with Gasteiger partial charge in [0.2, 0.25) is 0 Å². The summed E-state index contributed by atoms with van der Waals surface area (Å²) < 4.78 is 26.6. The van der Waals surface area contributed by atoms with Crippen molar-refractivity contribution in [3.63, 3.8) is 0 Å². The summed E-state index contributed by atoms with van der Waals surface area (Å²) in [6.07, 6.45) is 1.95. The fourth-order valence-electron chi connectivity index (χ4n) is 2.70. The van der Waals surface area contributed by atoms with E-state index in [0.29, 0.717) is 12.0 Å². The zero-order valence-electron chi connectivity index (χ0n) is 11.5. The lowest BCUT2D eigenvalue weighted by molar-refractivity contribution is -0.0677. The Morgan fingerprint density at radius 2 is 1.95 bits per heavy atom. The number of hydrogen-bond acceptors (Lipinski definition) is 3. The SMILES string of the molecule is CC1(O)CN(C(=O)N2N=CCC2c2cc(F)cc(F)c2)C1. The molecule has 5 nitrogen and oxygen atoms in total. The van der Waals surface area contributed by atoms with Crippen molar-refractivity contribution >= 4 is 12.2 Å². The Labute approximate surface area is 120 Å². The Kier molecular flexibility index (Phi) is 3.16. The van der Waals surface area contributed by atoms with E-state index in [9.17, 15) is 18.7 Å². The van der Waals surface area contributed by atoms with Crippen molar-refractivity contribution in [2.75, 3.05) is 13.1 Å².